The summed E-state index contributed by atoms with van der Waals surface area (Å²) in [6.07, 6.45) is -1.00. The Kier molecular flexibility index (Phi) is 6.73. The van der Waals surface area contributed by atoms with Gasteiger partial charge in [0.2, 0.25) is 5.56 Å². The van der Waals surface area contributed by atoms with Gasteiger partial charge < -0.3 is 24.6 Å². The van der Waals surface area contributed by atoms with E-state index in [2.05, 4.69) is 44.2 Å². The number of nitrogens with one attached hydrogen (secondary N) is 2. The third kappa shape index (κ3) is 5.86. The van der Waals surface area contributed by atoms with Crippen LogP contribution in [0.5, 0.6) is 5.75 Å². The minimum atomic E-state index is -2.21. The molecule has 0 aliphatic heterocycles. The second-order valence-corrected chi connectivity index (χ2v) is 14.8. The van der Waals surface area contributed by atoms with E-state index in [1.165, 1.54) is 12.1 Å². The molecule has 166 valence electrons. The van der Waals surface area contributed by atoms with Crippen LogP contribution in [0.2, 0.25) is 18.1 Å². The van der Waals surface area contributed by atoms with Gasteiger partial charge in [-0.15, -0.1) is 0 Å². The van der Waals surface area contributed by atoms with Gasteiger partial charge in [-0.25, -0.2) is 4.79 Å². The summed E-state index contributed by atoms with van der Waals surface area (Å²) in [5, 5.41) is 13.6. The quantitative estimate of drug-likeness (QED) is 0.586. The molecule has 1 atom stereocenters. The predicted octanol–water partition coefficient (Wildman–Crippen LogP) is 4.82. The monoisotopic (exact) mass is 434 g/mol. The van der Waals surface area contributed by atoms with Gasteiger partial charge in [0.05, 0.1) is 18.2 Å². The Balaban J connectivity index is 2.46. The highest BCUT2D eigenvalue weighted by Gasteiger charge is 2.40. The number of pyridine rings is 1. The average Bonchev–Trinajstić information content (AvgIpc) is 2.57. The Morgan fingerprint density at radius 3 is 2.33 bits per heavy atom. The molecule has 1 heterocycles. The molecule has 30 heavy (non-hydrogen) atoms. The molecule has 3 N–H and O–H groups in total. The van der Waals surface area contributed by atoms with Crippen LogP contribution >= 0.6 is 0 Å². The molecule has 2 aromatic rings. The first kappa shape index (κ1) is 24.0. The molecule has 0 aliphatic rings. The van der Waals surface area contributed by atoms with Crippen molar-refractivity contribution in [2.24, 2.45) is 0 Å². The van der Waals surface area contributed by atoms with E-state index in [4.69, 9.17) is 9.16 Å². The van der Waals surface area contributed by atoms with Gasteiger partial charge in [0, 0.05) is 11.5 Å². The third-order valence-corrected chi connectivity index (χ3v) is 9.81. The number of aromatic amines is 1. The molecule has 0 saturated carbocycles. The van der Waals surface area contributed by atoms with Crippen molar-refractivity contribution in [3.8, 4) is 5.75 Å². The number of rotatable bonds is 5. The van der Waals surface area contributed by atoms with Crippen molar-refractivity contribution in [3.63, 3.8) is 0 Å². The SMILES string of the molecule is CC(C)(C)OC(=O)NCC(O[Si](C)(C)C(C)(C)C)c1ccc(O)c2[nH]c(=O)ccc12. The zero-order valence-electron chi connectivity index (χ0n) is 19.2. The largest absolute Gasteiger partial charge is 0.506 e. The summed E-state index contributed by atoms with van der Waals surface area (Å²) in [4.78, 5) is 26.7. The van der Waals surface area contributed by atoms with Crippen LogP contribution in [0.15, 0.2) is 29.1 Å². The number of aromatic hydroxyl groups is 1. The topological polar surface area (TPSA) is 101 Å². The maximum absolute atomic E-state index is 12.3. The van der Waals surface area contributed by atoms with Crippen LogP contribution in [-0.2, 0) is 9.16 Å². The maximum atomic E-state index is 12.3. The van der Waals surface area contributed by atoms with Crippen molar-refractivity contribution in [2.45, 2.75) is 71.4 Å². The summed E-state index contributed by atoms with van der Waals surface area (Å²) < 4.78 is 12.0. The van der Waals surface area contributed by atoms with E-state index < -0.39 is 26.1 Å². The van der Waals surface area contributed by atoms with E-state index in [1.807, 2.05) is 0 Å². The van der Waals surface area contributed by atoms with E-state index in [0.29, 0.717) is 10.9 Å². The van der Waals surface area contributed by atoms with Gasteiger partial charge in [-0.1, -0.05) is 26.8 Å². The molecule has 0 radical (unpaired) electrons. The molecule has 0 saturated heterocycles. The number of hydrogen-bond acceptors (Lipinski definition) is 5. The number of phenols is 1. The number of carbonyl (C=O) groups excluding carboxylic acids is 1. The Morgan fingerprint density at radius 2 is 1.77 bits per heavy atom. The van der Waals surface area contributed by atoms with Crippen molar-refractivity contribution < 1.29 is 19.1 Å². The fourth-order valence-electron chi connectivity index (χ4n) is 2.78. The minimum Gasteiger partial charge on any atom is -0.506 e. The van der Waals surface area contributed by atoms with Crippen molar-refractivity contribution in [1.82, 2.24) is 10.3 Å². The molecule has 1 aromatic carbocycles. The molecule has 0 fully saturated rings. The van der Waals surface area contributed by atoms with E-state index in [9.17, 15) is 14.7 Å². The smallest absolute Gasteiger partial charge is 0.407 e. The van der Waals surface area contributed by atoms with Gasteiger partial charge in [0.15, 0.2) is 8.32 Å². The van der Waals surface area contributed by atoms with Gasteiger partial charge in [-0.3, -0.25) is 4.79 Å². The number of amides is 1. The first-order valence-corrected chi connectivity index (χ1v) is 13.0. The van der Waals surface area contributed by atoms with Crippen LogP contribution in [0, 0.1) is 0 Å². The maximum Gasteiger partial charge on any atom is 0.407 e. The molecule has 0 spiro atoms. The number of fused-ring (bicyclic) bond motifs is 1. The summed E-state index contributed by atoms with van der Waals surface area (Å²) in [6, 6.07) is 6.38. The number of benzene rings is 1. The number of ether oxygens (including phenoxy) is 1. The first-order chi connectivity index (χ1) is 13.6. The molecule has 2 rings (SSSR count). The highest BCUT2D eigenvalue weighted by atomic mass is 28.4. The fourth-order valence-corrected chi connectivity index (χ4v) is 4.05. The summed E-state index contributed by atoms with van der Waals surface area (Å²) in [5.74, 6) is -0.0161. The lowest BCUT2D eigenvalue weighted by atomic mass is 10.0. The third-order valence-electron chi connectivity index (χ3n) is 5.33. The Bertz CT molecular complexity index is 970. The highest BCUT2D eigenvalue weighted by molar-refractivity contribution is 6.74. The molecule has 1 unspecified atom stereocenters. The molecule has 8 heteroatoms. The average molecular weight is 435 g/mol. The van der Waals surface area contributed by atoms with Crippen molar-refractivity contribution in [1.29, 1.82) is 0 Å². The zero-order valence-corrected chi connectivity index (χ0v) is 20.2. The Morgan fingerprint density at radius 1 is 1.13 bits per heavy atom. The molecule has 0 bridgehead atoms. The first-order valence-electron chi connectivity index (χ1n) is 10.1. The van der Waals surface area contributed by atoms with Crippen LogP contribution in [-0.4, -0.2) is 36.6 Å². The number of alkyl carbamates (subject to hydrolysis) is 1. The highest BCUT2D eigenvalue weighted by Crippen LogP contribution is 2.41. The normalized spacial score (nSPS) is 13.9. The lowest BCUT2D eigenvalue weighted by Crippen LogP contribution is -2.44. The van der Waals surface area contributed by atoms with Crippen molar-refractivity contribution in [3.05, 3.63) is 40.2 Å². The van der Waals surface area contributed by atoms with Gasteiger partial charge in [0.25, 0.3) is 0 Å². The fraction of sp³-hybridized carbons (Fsp3) is 0.545. The minimum absolute atomic E-state index is 0.0161. The molecule has 0 aliphatic carbocycles. The van der Waals surface area contributed by atoms with Crippen LogP contribution < -0.4 is 10.9 Å². The van der Waals surface area contributed by atoms with E-state index in [0.717, 1.165) is 5.56 Å². The molecule has 7 nitrogen and oxygen atoms in total. The molecule has 1 aromatic heterocycles. The van der Waals surface area contributed by atoms with Crippen LogP contribution in [0.3, 0.4) is 0 Å². The van der Waals surface area contributed by atoms with Crippen molar-refractivity contribution in [2.75, 3.05) is 6.54 Å². The number of phenolic OH excluding ortho intramolecular Hbond substituents is 1. The molecular formula is C22H34N2O5Si. The number of carbonyl (C=O) groups is 1. The standard InChI is InChI=1S/C22H34N2O5Si/c1-21(2,3)28-20(27)23-13-17(29-30(7,8)22(4,5)6)14-9-11-16(25)19-15(14)10-12-18(26)24-19/h9-12,17,25H,13H2,1-8H3,(H,23,27)(H,24,26). The number of hydrogen-bond donors (Lipinski definition) is 3. The van der Waals surface area contributed by atoms with E-state index >= 15 is 0 Å². The van der Waals surface area contributed by atoms with Crippen LogP contribution in [0.1, 0.15) is 53.2 Å². The molecule has 1 amide bonds. The number of aromatic nitrogens is 1. The van der Waals surface area contributed by atoms with Crippen LogP contribution in [0.25, 0.3) is 10.9 Å². The second kappa shape index (κ2) is 8.43. The summed E-state index contributed by atoms with van der Waals surface area (Å²) >= 11 is 0. The van der Waals surface area contributed by atoms with E-state index in [1.54, 1.807) is 32.9 Å². The Labute approximate surface area is 178 Å². The molecular weight excluding hydrogens is 400 g/mol. The van der Waals surface area contributed by atoms with Gasteiger partial charge >= 0.3 is 6.09 Å². The van der Waals surface area contributed by atoms with Crippen LogP contribution in [0.4, 0.5) is 4.79 Å². The van der Waals surface area contributed by atoms with Gasteiger partial charge in [0.1, 0.15) is 11.4 Å². The predicted molar refractivity (Wildman–Crippen MR) is 121 cm³/mol. The lowest BCUT2D eigenvalue weighted by molar-refractivity contribution is 0.0496. The summed E-state index contributed by atoms with van der Waals surface area (Å²) in [7, 11) is -2.21. The van der Waals surface area contributed by atoms with Gasteiger partial charge in [-0.05, 0) is 56.6 Å². The van der Waals surface area contributed by atoms with Gasteiger partial charge in [-0.2, -0.15) is 0 Å². The van der Waals surface area contributed by atoms with E-state index in [-0.39, 0.29) is 22.9 Å². The summed E-state index contributed by atoms with van der Waals surface area (Å²) in [5.41, 5.74) is 0.217. The second-order valence-electron chi connectivity index (χ2n) is 10.0. The Hall–Kier alpha value is -2.32. The van der Waals surface area contributed by atoms with Crippen molar-refractivity contribution >= 4 is 25.3 Å². The lowest BCUT2D eigenvalue weighted by Gasteiger charge is -2.39. The summed E-state index contributed by atoms with van der Waals surface area (Å²) in [6.45, 7) is 16.3. The zero-order chi connectivity index (χ0) is 22.9. The number of H-pyrrole nitrogens is 1.